The van der Waals surface area contributed by atoms with E-state index in [4.69, 9.17) is 11.6 Å². The van der Waals surface area contributed by atoms with Crippen molar-refractivity contribution in [3.8, 4) is 0 Å². The number of alkyl halides is 1. The Morgan fingerprint density at radius 3 is 3.08 bits per heavy atom. The van der Waals surface area contributed by atoms with Gasteiger partial charge in [0.15, 0.2) is 0 Å². The number of halogens is 1. The Morgan fingerprint density at radius 1 is 1.58 bits per heavy atom. The number of rotatable bonds is 2. The van der Waals surface area contributed by atoms with Crippen LogP contribution in [0.3, 0.4) is 0 Å². The van der Waals surface area contributed by atoms with E-state index in [2.05, 4.69) is 4.98 Å². The summed E-state index contributed by atoms with van der Waals surface area (Å²) >= 11 is 9.84. The minimum absolute atomic E-state index is 0.360. The largest absolute Gasteiger partial charge is 0.250 e. The lowest BCUT2D eigenvalue weighted by atomic mass is 10.1. The number of thiazole rings is 1. The Hall–Kier alpha value is 0.270. The van der Waals surface area contributed by atoms with Crippen LogP contribution >= 0.6 is 34.7 Å². The number of aromatic nitrogens is 1. The first-order valence-electron chi connectivity index (χ1n) is 3.96. The molecule has 0 bridgehead atoms. The topological polar surface area (TPSA) is 12.9 Å². The van der Waals surface area contributed by atoms with E-state index in [1.165, 1.54) is 10.8 Å². The van der Waals surface area contributed by atoms with Gasteiger partial charge in [-0.1, -0.05) is 0 Å². The molecule has 0 amide bonds. The standard InChI is InChI=1S/C8H10ClNS2/c9-7-5-11-4-6(7)3-8-10-1-2-12-8/h1-2,6-7H,3-5H2. The molecule has 1 aromatic rings. The maximum atomic E-state index is 6.15. The molecule has 2 atom stereocenters. The SMILES string of the molecule is ClC1CSCC1Cc1nccs1. The average molecular weight is 220 g/mol. The summed E-state index contributed by atoms with van der Waals surface area (Å²) in [4.78, 5) is 4.26. The minimum Gasteiger partial charge on any atom is -0.250 e. The lowest BCUT2D eigenvalue weighted by Gasteiger charge is -2.09. The van der Waals surface area contributed by atoms with Crippen molar-refractivity contribution in [2.24, 2.45) is 5.92 Å². The van der Waals surface area contributed by atoms with Crippen LogP contribution in [0.25, 0.3) is 0 Å². The molecule has 1 aromatic heterocycles. The molecule has 12 heavy (non-hydrogen) atoms. The third-order valence-corrected chi connectivity index (χ3v) is 4.80. The van der Waals surface area contributed by atoms with Gasteiger partial charge in [-0.2, -0.15) is 11.8 Å². The first kappa shape index (κ1) is 8.85. The van der Waals surface area contributed by atoms with Gasteiger partial charge in [-0.25, -0.2) is 4.98 Å². The van der Waals surface area contributed by atoms with Crippen LogP contribution in [0.4, 0.5) is 0 Å². The van der Waals surface area contributed by atoms with Crippen LogP contribution in [-0.2, 0) is 6.42 Å². The van der Waals surface area contributed by atoms with Crippen LogP contribution in [-0.4, -0.2) is 21.9 Å². The fourth-order valence-electron chi connectivity index (χ4n) is 1.34. The van der Waals surface area contributed by atoms with Gasteiger partial charge < -0.3 is 0 Å². The first-order valence-corrected chi connectivity index (χ1v) is 6.43. The van der Waals surface area contributed by atoms with E-state index in [0.29, 0.717) is 11.3 Å². The summed E-state index contributed by atoms with van der Waals surface area (Å²) in [6.07, 6.45) is 2.93. The molecular formula is C8H10ClNS2. The Kier molecular flexibility index (Phi) is 2.94. The second kappa shape index (κ2) is 3.99. The fourth-order valence-corrected chi connectivity index (χ4v) is 3.89. The molecule has 0 aliphatic carbocycles. The first-order chi connectivity index (χ1) is 5.86. The maximum absolute atomic E-state index is 6.15. The van der Waals surface area contributed by atoms with Gasteiger partial charge in [-0.3, -0.25) is 0 Å². The molecule has 1 nitrogen and oxygen atoms in total. The maximum Gasteiger partial charge on any atom is 0.0928 e. The highest BCUT2D eigenvalue weighted by Gasteiger charge is 2.26. The summed E-state index contributed by atoms with van der Waals surface area (Å²) in [5.74, 6) is 2.95. The predicted molar refractivity (Wildman–Crippen MR) is 56.3 cm³/mol. The minimum atomic E-state index is 0.360. The molecule has 0 spiro atoms. The molecular weight excluding hydrogens is 210 g/mol. The van der Waals surface area contributed by atoms with Crippen LogP contribution in [0.5, 0.6) is 0 Å². The van der Waals surface area contributed by atoms with Gasteiger partial charge in [0.05, 0.1) is 5.01 Å². The summed E-state index contributed by atoms with van der Waals surface area (Å²) in [5, 5.41) is 3.62. The molecule has 2 rings (SSSR count). The van der Waals surface area contributed by atoms with E-state index in [-0.39, 0.29) is 0 Å². The lowest BCUT2D eigenvalue weighted by Crippen LogP contribution is -2.14. The normalized spacial score (nSPS) is 29.4. The van der Waals surface area contributed by atoms with Crippen LogP contribution < -0.4 is 0 Å². The molecule has 2 heterocycles. The monoisotopic (exact) mass is 219 g/mol. The van der Waals surface area contributed by atoms with E-state index in [9.17, 15) is 0 Å². The predicted octanol–water partition coefficient (Wildman–Crippen LogP) is 2.66. The van der Waals surface area contributed by atoms with Gasteiger partial charge in [0.25, 0.3) is 0 Å². The van der Waals surface area contributed by atoms with E-state index in [1.807, 2.05) is 23.3 Å². The van der Waals surface area contributed by atoms with Crippen molar-refractivity contribution < 1.29 is 0 Å². The quantitative estimate of drug-likeness (QED) is 0.710. The Bertz CT molecular complexity index is 237. The van der Waals surface area contributed by atoms with Crippen molar-refractivity contribution in [2.45, 2.75) is 11.8 Å². The van der Waals surface area contributed by atoms with E-state index >= 15 is 0 Å². The van der Waals surface area contributed by atoms with Gasteiger partial charge in [0.2, 0.25) is 0 Å². The van der Waals surface area contributed by atoms with Gasteiger partial charge >= 0.3 is 0 Å². The molecule has 1 aliphatic rings. The zero-order chi connectivity index (χ0) is 8.39. The van der Waals surface area contributed by atoms with E-state index in [0.717, 1.165) is 12.2 Å². The van der Waals surface area contributed by atoms with Crippen LogP contribution in [0.15, 0.2) is 11.6 Å². The van der Waals surface area contributed by atoms with Crippen molar-refractivity contribution in [3.63, 3.8) is 0 Å². The summed E-state index contributed by atoms with van der Waals surface area (Å²) < 4.78 is 0. The highest BCUT2D eigenvalue weighted by Crippen LogP contribution is 2.31. The van der Waals surface area contributed by atoms with Crippen molar-refractivity contribution in [2.75, 3.05) is 11.5 Å². The molecule has 0 N–H and O–H groups in total. The van der Waals surface area contributed by atoms with Gasteiger partial charge in [0, 0.05) is 29.1 Å². The van der Waals surface area contributed by atoms with Gasteiger partial charge in [-0.15, -0.1) is 22.9 Å². The third kappa shape index (κ3) is 1.95. The molecule has 0 aromatic carbocycles. The summed E-state index contributed by atoms with van der Waals surface area (Å²) in [6.45, 7) is 0. The highest BCUT2D eigenvalue weighted by atomic mass is 35.5. The number of thioether (sulfide) groups is 1. The molecule has 1 saturated heterocycles. The summed E-state index contributed by atoms with van der Waals surface area (Å²) in [7, 11) is 0. The van der Waals surface area contributed by atoms with Gasteiger partial charge in [-0.05, 0) is 11.7 Å². The molecule has 1 fully saturated rings. The van der Waals surface area contributed by atoms with Crippen molar-refractivity contribution in [3.05, 3.63) is 16.6 Å². The Labute approximate surface area is 85.5 Å². The molecule has 0 radical (unpaired) electrons. The van der Waals surface area contributed by atoms with Crippen LogP contribution in [0.1, 0.15) is 5.01 Å². The Morgan fingerprint density at radius 2 is 2.50 bits per heavy atom. The molecule has 66 valence electrons. The molecule has 1 aliphatic heterocycles. The van der Waals surface area contributed by atoms with Crippen molar-refractivity contribution >= 4 is 34.7 Å². The zero-order valence-corrected chi connectivity index (χ0v) is 8.96. The molecule has 0 saturated carbocycles. The number of hydrogen-bond acceptors (Lipinski definition) is 3. The number of nitrogens with zero attached hydrogens (tertiary/aromatic N) is 1. The van der Waals surface area contributed by atoms with Gasteiger partial charge in [0.1, 0.15) is 0 Å². The van der Waals surface area contributed by atoms with E-state index in [1.54, 1.807) is 11.3 Å². The molecule has 4 heteroatoms. The second-order valence-corrected chi connectivity index (χ2v) is 5.56. The van der Waals surface area contributed by atoms with E-state index < -0.39 is 0 Å². The molecule has 2 unspecified atom stereocenters. The average Bonchev–Trinajstić information content (AvgIpc) is 2.65. The fraction of sp³-hybridized carbons (Fsp3) is 0.625. The lowest BCUT2D eigenvalue weighted by molar-refractivity contribution is 0.601. The summed E-state index contributed by atoms with van der Waals surface area (Å²) in [5.41, 5.74) is 0. The van der Waals surface area contributed by atoms with Crippen molar-refractivity contribution in [1.82, 2.24) is 4.98 Å². The zero-order valence-electron chi connectivity index (χ0n) is 6.57. The number of hydrogen-bond donors (Lipinski definition) is 0. The second-order valence-electron chi connectivity index (χ2n) is 2.94. The van der Waals surface area contributed by atoms with Crippen molar-refractivity contribution in [1.29, 1.82) is 0 Å². The summed E-state index contributed by atoms with van der Waals surface area (Å²) in [6, 6.07) is 0. The Balaban J connectivity index is 1.95. The smallest absolute Gasteiger partial charge is 0.0928 e. The highest BCUT2D eigenvalue weighted by molar-refractivity contribution is 7.99. The third-order valence-electron chi connectivity index (χ3n) is 2.04. The van der Waals surface area contributed by atoms with Crippen LogP contribution in [0.2, 0.25) is 0 Å². The van der Waals surface area contributed by atoms with Crippen LogP contribution in [0, 0.1) is 5.92 Å².